The van der Waals surface area contributed by atoms with Crippen LogP contribution in [0.5, 0.6) is 23.0 Å². The van der Waals surface area contributed by atoms with Crippen molar-refractivity contribution in [3.8, 4) is 34.8 Å². The Kier molecular flexibility index (Phi) is 8.62. The van der Waals surface area contributed by atoms with Crippen LogP contribution in [0.25, 0.3) is 10.9 Å². The van der Waals surface area contributed by atoms with E-state index in [-0.39, 0.29) is 0 Å². The minimum absolute atomic E-state index is 0.357. The van der Waals surface area contributed by atoms with Gasteiger partial charge in [0, 0.05) is 36.9 Å². The van der Waals surface area contributed by atoms with Crippen LogP contribution in [-0.2, 0) is 4.74 Å². The molecule has 0 aliphatic carbocycles. The Hall–Kier alpha value is -4.36. The van der Waals surface area contributed by atoms with Gasteiger partial charge in [-0.1, -0.05) is 30.0 Å². The average Bonchev–Trinajstić information content (AvgIpc) is 2.98. The molecule has 1 unspecified atom stereocenters. The van der Waals surface area contributed by atoms with Crippen LogP contribution in [0.2, 0.25) is 0 Å². The lowest BCUT2D eigenvalue weighted by Crippen LogP contribution is -2.44. The van der Waals surface area contributed by atoms with Gasteiger partial charge in [-0.25, -0.2) is 9.97 Å². The number of nitrogens with one attached hydrogen (secondary N) is 2. The molecule has 1 fully saturated rings. The topological polar surface area (TPSA) is 107 Å². The second-order valence-electron chi connectivity index (χ2n) is 9.40. The van der Waals surface area contributed by atoms with E-state index in [1.54, 1.807) is 14.2 Å². The molecule has 4 aromatic rings. The highest BCUT2D eigenvalue weighted by Crippen LogP contribution is 2.36. The van der Waals surface area contributed by atoms with Crippen LogP contribution >= 0.6 is 0 Å². The van der Waals surface area contributed by atoms with Crippen molar-refractivity contribution in [1.82, 2.24) is 15.3 Å². The van der Waals surface area contributed by atoms with E-state index in [1.807, 2.05) is 60.7 Å². The van der Waals surface area contributed by atoms with E-state index < -0.39 is 5.60 Å². The largest absolute Gasteiger partial charge is 0.493 e. The summed E-state index contributed by atoms with van der Waals surface area (Å²) < 4.78 is 22.7. The predicted molar refractivity (Wildman–Crippen MR) is 154 cm³/mol. The molecule has 1 aliphatic rings. The van der Waals surface area contributed by atoms with E-state index in [2.05, 4.69) is 32.4 Å². The molecular weight excluding hydrogens is 508 g/mol. The highest BCUT2D eigenvalue weighted by molar-refractivity contribution is 5.93. The quantitative estimate of drug-likeness (QED) is 0.206. The molecule has 1 aliphatic heterocycles. The van der Waals surface area contributed by atoms with E-state index in [9.17, 15) is 5.11 Å². The summed E-state index contributed by atoms with van der Waals surface area (Å²) in [6, 6.07) is 18.8. The number of aliphatic hydroxyl groups is 1. The number of β-amino-alcohol motifs (C(OH)–C–C–N with tert-alkyl or cyclic N) is 1. The van der Waals surface area contributed by atoms with Crippen LogP contribution in [-0.4, -0.2) is 61.2 Å². The van der Waals surface area contributed by atoms with Crippen LogP contribution in [0.4, 0.5) is 11.5 Å². The fourth-order valence-corrected chi connectivity index (χ4v) is 4.40. The van der Waals surface area contributed by atoms with Crippen molar-refractivity contribution in [2.45, 2.75) is 18.4 Å². The molecule has 0 amide bonds. The fourth-order valence-electron chi connectivity index (χ4n) is 4.40. The van der Waals surface area contributed by atoms with Crippen molar-refractivity contribution in [2.75, 3.05) is 45.8 Å². The van der Waals surface area contributed by atoms with Gasteiger partial charge in [0.1, 0.15) is 35.9 Å². The minimum atomic E-state index is -1.09. The van der Waals surface area contributed by atoms with Crippen molar-refractivity contribution in [3.63, 3.8) is 0 Å². The summed E-state index contributed by atoms with van der Waals surface area (Å²) in [7, 11) is 3.22. The van der Waals surface area contributed by atoms with Crippen molar-refractivity contribution in [3.05, 3.63) is 72.6 Å². The number of nitrogens with zero attached hydrogens (tertiary/aromatic N) is 2. The Morgan fingerprint density at radius 3 is 2.65 bits per heavy atom. The zero-order valence-electron chi connectivity index (χ0n) is 22.6. The first-order valence-corrected chi connectivity index (χ1v) is 13.1. The summed E-state index contributed by atoms with van der Waals surface area (Å²) >= 11 is 0. The van der Waals surface area contributed by atoms with Gasteiger partial charge in [-0.2, -0.15) is 0 Å². The maximum absolute atomic E-state index is 10.9. The summed E-state index contributed by atoms with van der Waals surface area (Å²) in [5.74, 6) is 9.26. The SMILES string of the molecule is COCCOc1cc2ncnc(Nc3ccc(Oc4ccccc4)c(OC)c3)c2cc1C#CC1(O)CCCNC1. The molecule has 9 heteroatoms. The molecule has 3 N–H and O–H groups in total. The van der Waals surface area contributed by atoms with Crippen molar-refractivity contribution in [2.24, 2.45) is 0 Å². The zero-order valence-corrected chi connectivity index (χ0v) is 22.6. The van der Waals surface area contributed by atoms with Gasteiger partial charge in [0.25, 0.3) is 0 Å². The van der Waals surface area contributed by atoms with Crippen molar-refractivity contribution >= 4 is 22.4 Å². The first-order valence-electron chi connectivity index (χ1n) is 13.1. The number of rotatable bonds is 9. The molecule has 0 radical (unpaired) electrons. The van der Waals surface area contributed by atoms with Gasteiger partial charge in [0.05, 0.1) is 24.8 Å². The first kappa shape index (κ1) is 27.2. The molecule has 0 bridgehead atoms. The number of fused-ring (bicyclic) bond motifs is 1. The summed E-state index contributed by atoms with van der Waals surface area (Å²) in [5.41, 5.74) is 0.979. The normalized spacial score (nSPS) is 16.6. The molecule has 0 saturated carbocycles. The highest BCUT2D eigenvalue weighted by Gasteiger charge is 2.26. The highest BCUT2D eigenvalue weighted by atomic mass is 16.5. The van der Waals surface area contributed by atoms with E-state index in [4.69, 9.17) is 18.9 Å². The van der Waals surface area contributed by atoms with Crippen LogP contribution in [0.15, 0.2) is 67.0 Å². The van der Waals surface area contributed by atoms with Gasteiger partial charge in [0.15, 0.2) is 11.5 Å². The van der Waals surface area contributed by atoms with Crippen molar-refractivity contribution < 1.29 is 24.1 Å². The average molecular weight is 541 g/mol. The molecule has 2 heterocycles. The summed E-state index contributed by atoms with van der Waals surface area (Å²) in [4.78, 5) is 8.95. The molecule has 1 aromatic heterocycles. The molecule has 1 atom stereocenters. The van der Waals surface area contributed by atoms with Gasteiger partial charge < -0.3 is 34.7 Å². The van der Waals surface area contributed by atoms with E-state index in [0.29, 0.717) is 66.1 Å². The number of benzene rings is 3. The van der Waals surface area contributed by atoms with E-state index in [0.717, 1.165) is 24.0 Å². The maximum Gasteiger partial charge on any atom is 0.169 e. The van der Waals surface area contributed by atoms with Crippen LogP contribution in [0.3, 0.4) is 0 Å². The Labute approximate surface area is 233 Å². The Morgan fingerprint density at radius 2 is 1.88 bits per heavy atom. The lowest BCUT2D eigenvalue weighted by atomic mass is 9.94. The molecule has 206 valence electrons. The standard InChI is InChI=1S/C31H32N4O5/c1-37-15-16-39-28-19-26-25(17-22(28)11-13-31(36)12-6-14-32-20-31)30(34-21-33-26)35-23-9-10-27(29(18-23)38-2)40-24-7-4-3-5-8-24/h3-5,7-10,17-19,21,32,36H,6,12,14-16,20H2,1-2H3,(H,33,34,35). The maximum atomic E-state index is 10.9. The Morgan fingerprint density at radius 1 is 1.00 bits per heavy atom. The lowest BCUT2D eigenvalue weighted by Gasteiger charge is -2.27. The smallest absolute Gasteiger partial charge is 0.169 e. The summed E-state index contributed by atoms with van der Waals surface area (Å²) in [5, 5.41) is 18.2. The predicted octanol–water partition coefficient (Wildman–Crippen LogP) is 4.67. The van der Waals surface area contributed by atoms with E-state index >= 15 is 0 Å². The van der Waals surface area contributed by atoms with Gasteiger partial charge in [-0.3, -0.25) is 0 Å². The lowest BCUT2D eigenvalue weighted by molar-refractivity contribution is 0.0736. The number of ether oxygens (including phenoxy) is 4. The zero-order chi connectivity index (χ0) is 27.8. The number of para-hydroxylation sites is 1. The summed E-state index contributed by atoms with van der Waals surface area (Å²) in [6.45, 7) is 2.09. The van der Waals surface area contributed by atoms with Crippen molar-refractivity contribution in [1.29, 1.82) is 0 Å². The number of anilines is 2. The monoisotopic (exact) mass is 540 g/mol. The number of hydrogen-bond donors (Lipinski definition) is 3. The van der Waals surface area contributed by atoms with E-state index in [1.165, 1.54) is 6.33 Å². The molecule has 40 heavy (non-hydrogen) atoms. The molecular formula is C31H32N4O5. The molecule has 9 nitrogen and oxygen atoms in total. The molecule has 1 saturated heterocycles. The summed E-state index contributed by atoms with van der Waals surface area (Å²) in [6.07, 6.45) is 2.97. The van der Waals surface area contributed by atoms with Gasteiger partial charge in [-0.15, -0.1) is 0 Å². The Balaban J connectivity index is 1.47. The number of aromatic nitrogens is 2. The number of piperidine rings is 1. The third-order valence-electron chi connectivity index (χ3n) is 6.47. The third-order valence-corrected chi connectivity index (χ3v) is 6.47. The second-order valence-corrected chi connectivity index (χ2v) is 9.40. The van der Waals surface area contributed by atoms with Gasteiger partial charge >= 0.3 is 0 Å². The van der Waals surface area contributed by atoms with Crippen LogP contribution < -0.4 is 24.8 Å². The molecule has 5 rings (SSSR count). The number of methoxy groups -OCH3 is 2. The fraction of sp³-hybridized carbons (Fsp3) is 0.290. The van der Waals surface area contributed by atoms with Crippen LogP contribution in [0.1, 0.15) is 18.4 Å². The first-order chi connectivity index (χ1) is 19.6. The van der Waals surface area contributed by atoms with Gasteiger partial charge in [-0.05, 0) is 49.7 Å². The van der Waals surface area contributed by atoms with Crippen LogP contribution in [0, 0.1) is 11.8 Å². The third kappa shape index (κ3) is 6.61. The van der Waals surface area contributed by atoms with Gasteiger partial charge in [0.2, 0.25) is 0 Å². The Bertz CT molecular complexity index is 1510. The molecule has 0 spiro atoms. The molecule has 3 aromatic carbocycles. The minimum Gasteiger partial charge on any atom is -0.493 e. The second kappa shape index (κ2) is 12.7. The number of hydrogen-bond acceptors (Lipinski definition) is 9.